The highest BCUT2D eigenvalue weighted by molar-refractivity contribution is 9.11. The molecule has 0 bridgehead atoms. The summed E-state index contributed by atoms with van der Waals surface area (Å²) in [5.74, 6) is 0. The van der Waals surface area contributed by atoms with Crippen molar-refractivity contribution in [2.24, 2.45) is 0 Å². The van der Waals surface area contributed by atoms with E-state index in [0.717, 1.165) is 29.7 Å². The molecule has 0 fully saturated rings. The Morgan fingerprint density at radius 1 is 0.545 bits per heavy atom. The lowest BCUT2D eigenvalue weighted by Crippen LogP contribution is -2.26. The molecule has 3 heterocycles. The molecule has 110 valence electrons. The largest absolute Gasteiger partial charge is 0.255 e. The topological polar surface area (TPSA) is 38.7 Å². The molecule has 0 unspecified atom stereocenters. The highest BCUT2D eigenvalue weighted by atomic mass is 79.9. The van der Waals surface area contributed by atoms with E-state index in [-0.39, 0.29) is 0 Å². The Morgan fingerprint density at radius 2 is 0.864 bits per heavy atom. The fourth-order valence-corrected chi connectivity index (χ4v) is 4.45. The number of hydrogen-bond acceptors (Lipinski definition) is 3. The normalized spacial score (nSPS) is 10.9. The quantitative estimate of drug-likeness (QED) is 0.511. The summed E-state index contributed by atoms with van der Waals surface area (Å²) in [6.45, 7) is 0. The number of hydrogen-bond donors (Lipinski definition) is 0. The lowest BCUT2D eigenvalue weighted by molar-refractivity contribution is 1.33. The van der Waals surface area contributed by atoms with Crippen LogP contribution in [0.4, 0.5) is 0 Å². The average molecular weight is 502 g/mol. The third-order valence-electron chi connectivity index (χ3n) is 2.82. The van der Waals surface area contributed by atoms with Crippen LogP contribution in [0.25, 0.3) is 0 Å². The molecule has 0 N–H and O–H groups in total. The van der Waals surface area contributed by atoms with Gasteiger partial charge >= 0.3 is 0 Å². The van der Waals surface area contributed by atoms with Gasteiger partial charge in [0.25, 0.3) is 0 Å². The molecule has 7 heteroatoms. The fraction of sp³-hybridized carbons (Fsp3) is 0. The second kappa shape index (κ2) is 7.26. The van der Waals surface area contributed by atoms with Gasteiger partial charge in [0, 0.05) is 39.9 Å². The SMILES string of the molecule is Brc1ccc(P(c2ccc(Br)cn2)c2ccc(Br)cn2)nc1. The van der Waals surface area contributed by atoms with E-state index >= 15 is 0 Å². The molecule has 3 nitrogen and oxygen atoms in total. The third-order valence-corrected chi connectivity index (χ3v) is 6.40. The van der Waals surface area contributed by atoms with Crippen molar-refractivity contribution < 1.29 is 0 Å². The third kappa shape index (κ3) is 3.80. The summed E-state index contributed by atoms with van der Waals surface area (Å²) < 4.78 is 2.87. The molecule has 3 aromatic heterocycles. The molecule has 0 atom stereocenters. The molecule has 0 saturated carbocycles. The van der Waals surface area contributed by atoms with Gasteiger partial charge in [0.05, 0.1) is 16.3 Å². The van der Waals surface area contributed by atoms with Crippen molar-refractivity contribution in [1.29, 1.82) is 0 Å². The molecule has 0 saturated heterocycles. The molecule has 0 aromatic carbocycles. The minimum Gasteiger partial charge on any atom is -0.255 e. The number of halogens is 3. The van der Waals surface area contributed by atoms with E-state index in [2.05, 4.69) is 62.7 Å². The zero-order valence-corrected chi connectivity index (χ0v) is 16.8. The first-order valence-corrected chi connectivity index (χ1v) is 10.0. The maximum absolute atomic E-state index is 4.55. The van der Waals surface area contributed by atoms with Gasteiger partial charge in [0.2, 0.25) is 0 Å². The molecule has 3 rings (SSSR count). The molecule has 0 spiro atoms. The van der Waals surface area contributed by atoms with Gasteiger partial charge in [-0.15, -0.1) is 0 Å². The van der Waals surface area contributed by atoms with Crippen LogP contribution in [0.1, 0.15) is 0 Å². The van der Waals surface area contributed by atoms with Crippen molar-refractivity contribution in [1.82, 2.24) is 15.0 Å². The van der Waals surface area contributed by atoms with E-state index in [0.29, 0.717) is 0 Å². The second-order valence-electron chi connectivity index (χ2n) is 4.34. The van der Waals surface area contributed by atoms with E-state index in [9.17, 15) is 0 Å². The Morgan fingerprint density at radius 3 is 1.09 bits per heavy atom. The maximum atomic E-state index is 4.55. The Kier molecular flexibility index (Phi) is 5.34. The molecule has 0 aliphatic heterocycles. The molecule has 3 aromatic rings. The van der Waals surface area contributed by atoms with Gasteiger partial charge in [-0.25, -0.2) is 0 Å². The minimum atomic E-state index is -0.879. The van der Waals surface area contributed by atoms with Crippen molar-refractivity contribution in [3.63, 3.8) is 0 Å². The first-order valence-electron chi connectivity index (χ1n) is 6.28. The molecular formula is C15H9Br3N3P. The predicted molar refractivity (Wildman–Crippen MR) is 102 cm³/mol. The number of aromatic nitrogens is 3. The maximum Gasteiger partial charge on any atom is 0.0754 e. The molecular weight excluding hydrogens is 493 g/mol. The van der Waals surface area contributed by atoms with E-state index in [1.54, 1.807) is 0 Å². The first kappa shape index (κ1) is 16.2. The number of pyridine rings is 3. The summed E-state index contributed by atoms with van der Waals surface area (Å²) in [5.41, 5.74) is 2.92. The average Bonchev–Trinajstić information content (AvgIpc) is 2.53. The van der Waals surface area contributed by atoms with Crippen molar-refractivity contribution in [2.45, 2.75) is 0 Å². The summed E-state index contributed by atoms with van der Waals surface area (Å²) in [7, 11) is -0.879. The summed E-state index contributed by atoms with van der Waals surface area (Å²) >= 11 is 10.3. The fourth-order valence-electron chi connectivity index (χ4n) is 1.85. The molecule has 0 radical (unpaired) electrons. The molecule has 22 heavy (non-hydrogen) atoms. The van der Waals surface area contributed by atoms with Crippen LogP contribution in [0, 0.1) is 0 Å². The van der Waals surface area contributed by atoms with Crippen molar-refractivity contribution in [3.8, 4) is 0 Å². The summed E-state index contributed by atoms with van der Waals surface area (Å²) in [6.07, 6.45) is 5.42. The van der Waals surface area contributed by atoms with Crippen LogP contribution in [-0.2, 0) is 0 Å². The van der Waals surface area contributed by atoms with E-state index in [4.69, 9.17) is 0 Å². The molecule has 0 amide bonds. The van der Waals surface area contributed by atoms with Crippen molar-refractivity contribution >= 4 is 72.0 Å². The Balaban J connectivity index is 2.10. The van der Waals surface area contributed by atoms with Crippen LogP contribution in [0.3, 0.4) is 0 Å². The highest BCUT2D eigenvalue weighted by Crippen LogP contribution is 2.31. The Hall–Kier alpha value is -0.680. The number of nitrogens with zero attached hydrogens (tertiary/aromatic N) is 3. The Bertz CT molecular complexity index is 653. The van der Waals surface area contributed by atoms with Gasteiger partial charge in [-0.1, -0.05) is 0 Å². The van der Waals surface area contributed by atoms with E-state index in [1.165, 1.54) is 0 Å². The highest BCUT2D eigenvalue weighted by Gasteiger charge is 2.20. The zero-order chi connectivity index (χ0) is 15.5. The monoisotopic (exact) mass is 499 g/mol. The lowest BCUT2D eigenvalue weighted by atomic mass is 10.5. The van der Waals surface area contributed by atoms with Crippen LogP contribution in [0.15, 0.2) is 68.4 Å². The van der Waals surface area contributed by atoms with Crippen molar-refractivity contribution in [3.05, 3.63) is 68.4 Å². The minimum absolute atomic E-state index is 0.879. The first-order chi connectivity index (χ1) is 10.6. The van der Waals surface area contributed by atoms with Gasteiger partial charge < -0.3 is 0 Å². The van der Waals surface area contributed by atoms with Crippen LogP contribution in [0.2, 0.25) is 0 Å². The van der Waals surface area contributed by atoms with E-state index in [1.807, 2.05) is 55.0 Å². The van der Waals surface area contributed by atoms with Crippen LogP contribution < -0.4 is 16.3 Å². The van der Waals surface area contributed by atoms with Crippen LogP contribution in [-0.4, -0.2) is 15.0 Å². The summed E-state index contributed by atoms with van der Waals surface area (Å²) in [6, 6.07) is 12.0. The van der Waals surface area contributed by atoms with E-state index < -0.39 is 7.92 Å². The van der Waals surface area contributed by atoms with Gasteiger partial charge in [-0.3, -0.25) is 15.0 Å². The summed E-state index contributed by atoms with van der Waals surface area (Å²) in [4.78, 5) is 13.7. The second-order valence-corrected chi connectivity index (χ2v) is 9.13. The van der Waals surface area contributed by atoms with Crippen LogP contribution >= 0.6 is 55.7 Å². The summed E-state index contributed by atoms with van der Waals surface area (Å²) in [5, 5.41) is 0. The van der Waals surface area contributed by atoms with Gasteiger partial charge in [-0.05, 0) is 84.2 Å². The van der Waals surface area contributed by atoms with Crippen molar-refractivity contribution in [2.75, 3.05) is 0 Å². The lowest BCUT2D eigenvalue weighted by Gasteiger charge is -2.16. The predicted octanol–water partition coefficient (Wildman–Crippen LogP) is 3.92. The smallest absolute Gasteiger partial charge is 0.0754 e. The van der Waals surface area contributed by atoms with Gasteiger partial charge in [0.1, 0.15) is 0 Å². The van der Waals surface area contributed by atoms with Crippen LogP contribution in [0.5, 0.6) is 0 Å². The van der Waals surface area contributed by atoms with Gasteiger partial charge in [-0.2, -0.15) is 0 Å². The zero-order valence-electron chi connectivity index (χ0n) is 11.1. The Labute approximate surface area is 154 Å². The van der Waals surface area contributed by atoms with Gasteiger partial charge in [0.15, 0.2) is 0 Å². The molecule has 0 aliphatic carbocycles. The molecule has 0 aliphatic rings. The standard InChI is InChI=1S/C15H9Br3N3P/c16-10-1-4-13(19-7-10)22(14-5-2-11(17)8-20-14)15-6-3-12(18)9-21-15/h1-9H. The number of rotatable bonds is 3.